The number of piperidine rings is 1. The molecular formula is C16H36N2. The van der Waals surface area contributed by atoms with Gasteiger partial charge in [-0.1, -0.05) is 52.7 Å². The molecule has 0 aliphatic carbocycles. The Hall–Kier alpha value is -0.340. The Bertz CT molecular complexity index is 160. The van der Waals surface area contributed by atoms with E-state index in [1.807, 2.05) is 0 Å². The number of rotatable bonds is 1. The molecule has 0 aromatic rings. The van der Waals surface area contributed by atoms with Crippen LogP contribution in [0.2, 0.25) is 0 Å². The molecule has 2 N–H and O–H groups in total. The van der Waals surface area contributed by atoms with Crippen LogP contribution >= 0.6 is 0 Å². The SMILES string of the molecule is C.C1CCNCC1.CCC.CCC1=CCNCC1. The highest BCUT2D eigenvalue weighted by Gasteiger charge is 1.97. The second-order valence-electron chi connectivity index (χ2n) is 4.69. The van der Waals surface area contributed by atoms with Crippen molar-refractivity contribution in [2.45, 2.75) is 66.7 Å². The Morgan fingerprint density at radius 3 is 1.78 bits per heavy atom. The minimum atomic E-state index is 0. The van der Waals surface area contributed by atoms with E-state index in [9.17, 15) is 0 Å². The first-order chi connectivity index (χ1) is 8.35. The van der Waals surface area contributed by atoms with Crippen LogP contribution in [0.3, 0.4) is 0 Å². The van der Waals surface area contributed by atoms with Crippen LogP contribution in [0.4, 0.5) is 0 Å². The second kappa shape index (κ2) is 16.7. The summed E-state index contributed by atoms with van der Waals surface area (Å²) in [5, 5.41) is 6.56. The predicted molar refractivity (Wildman–Crippen MR) is 85.3 cm³/mol. The Morgan fingerprint density at radius 1 is 0.944 bits per heavy atom. The van der Waals surface area contributed by atoms with E-state index in [4.69, 9.17) is 0 Å². The third-order valence-electron chi connectivity index (χ3n) is 2.82. The standard InChI is InChI=1S/C7H13N.C5H11N.C3H8.CH4/c1-2-7-3-5-8-6-4-7;1-2-4-6-5-3-1;1-3-2;/h3,8H,2,4-6H2,1H3;6H,1-5H2;3H2,1-2H3;1H4. The van der Waals surface area contributed by atoms with E-state index in [-0.39, 0.29) is 7.43 Å². The molecule has 0 amide bonds. The van der Waals surface area contributed by atoms with Crippen molar-refractivity contribution < 1.29 is 0 Å². The Labute approximate surface area is 116 Å². The summed E-state index contributed by atoms with van der Waals surface area (Å²) in [4.78, 5) is 0. The molecule has 18 heavy (non-hydrogen) atoms. The van der Waals surface area contributed by atoms with E-state index in [1.54, 1.807) is 5.57 Å². The lowest BCUT2D eigenvalue weighted by atomic mass is 10.1. The van der Waals surface area contributed by atoms with Crippen molar-refractivity contribution in [3.8, 4) is 0 Å². The van der Waals surface area contributed by atoms with Gasteiger partial charge in [-0.25, -0.2) is 0 Å². The molecular weight excluding hydrogens is 220 g/mol. The van der Waals surface area contributed by atoms with Crippen LogP contribution in [-0.4, -0.2) is 26.2 Å². The molecule has 0 aromatic heterocycles. The second-order valence-corrected chi connectivity index (χ2v) is 4.69. The van der Waals surface area contributed by atoms with E-state index in [0.29, 0.717) is 0 Å². The smallest absolute Gasteiger partial charge is 0.0137 e. The van der Waals surface area contributed by atoms with E-state index in [1.165, 1.54) is 58.2 Å². The van der Waals surface area contributed by atoms with Gasteiger partial charge in [0, 0.05) is 6.54 Å². The molecule has 0 atom stereocenters. The quantitative estimate of drug-likeness (QED) is 0.689. The fourth-order valence-electron chi connectivity index (χ4n) is 1.79. The molecule has 2 heteroatoms. The highest BCUT2D eigenvalue weighted by atomic mass is 14.9. The first-order valence-corrected chi connectivity index (χ1v) is 7.44. The summed E-state index contributed by atoms with van der Waals surface area (Å²) < 4.78 is 0. The van der Waals surface area contributed by atoms with Crippen LogP contribution in [0.1, 0.15) is 66.7 Å². The molecule has 0 radical (unpaired) electrons. The highest BCUT2D eigenvalue weighted by Crippen LogP contribution is 2.06. The monoisotopic (exact) mass is 256 g/mol. The molecule has 2 rings (SSSR count). The van der Waals surface area contributed by atoms with Gasteiger partial charge in [-0.05, 0) is 45.3 Å². The molecule has 2 nitrogen and oxygen atoms in total. The molecule has 0 bridgehead atoms. The summed E-state index contributed by atoms with van der Waals surface area (Å²) in [6, 6.07) is 0. The molecule has 1 saturated heterocycles. The van der Waals surface area contributed by atoms with E-state index < -0.39 is 0 Å². The van der Waals surface area contributed by atoms with Gasteiger partial charge in [0.2, 0.25) is 0 Å². The van der Waals surface area contributed by atoms with Gasteiger partial charge in [0.15, 0.2) is 0 Å². The topological polar surface area (TPSA) is 24.1 Å². The largest absolute Gasteiger partial charge is 0.317 e. The van der Waals surface area contributed by atoms with Crippen molar-refractivity contribution in [2.75, 3.05) is 26.2 Å². The average molecular weight is 256 g/mol. The lowest BCUT2D eigenvalue weighted by molar-refractivity contribution is 0.520. The third kappa shape index (κ3) is 13.7. The Kier molecular flexibility index (Phi) is 18.5. The Morgan fingerprint density at radius 2 is 1.56 bits per heavy atom. The van der Waals surface area contributed by atoms with Crippen molar-refractivity contribution in [2.24, 2.45) is 0 Å². The molecule has 2 aliphatic rings. The zero-order chi connectivity index (χ0) is 12.8. The maximum atomic E-state index is 3.28. The van der Waals surface area contributed by atoms with Crippen LogP contribution in [-0.2, 0) is 0 Å². The fourth-order valence-corrected chi connectivity index (χ4v) is 1.79. The molecule has 0 aromatic carbocycles. The zero-order valence-electron chi connectivity index (χ0n) is 12.1. The summed E-state index contributed by atoms with van der Waals surface area (Å²) >= 11 is 0. The molecule has 2 aliphatic heterocycles. The molecule has 0 unspecified atom stereocenters. The molecule has 110 valence electrons. The number of hydrogen-bond donors (Lipinski definition) is 2. The Balaban J connectivity index is 0. The van der Waals surface area contributed by atoms with E-state index >= 15 is 0 Å². The van der Waals surface area contributed by atoms with Crippen molar-refractivity contribution in [1.82, 2.24) is 10.6 Å². The van der Waals surface area contributed by atoms with Crippen LogP contribution in [0, 0.1) is 0 Å². The van der Waals surface area contributed by atoms with Gasteiger partial charge in [-0.2, -0.15) is 0 Å². The van der Waals surface area contributed by atoms with Crippen LogP contribution in [0.5, 0.6) is 0 Å². The maximum Gasteiger partial charge on any atom is 0.0137 e. The van der Waals surface area contributed by atoms with Gasteiger partial charge < -0.3 is 10.6 Å². The first kappa shape index (κ1) is 20.0. The normalized spacial score (nSPS) is 18.1. The molecule has 1 fully saturated rings. The van der Waals surface area contributed by atoms with Crippen LogP contribution in [0.25, 0.3) is 0 Å². The van der Waals surface area contributed by atoms with Gasteiger partial charge in [0.1, 0.15) is 0 Å². The van der Waals surface area contributed by atoms with Crippen LogP contribution in [0.15, 0.2) is 11.6 Å². The highest BCUT2D eigenvalue weighted by molar-refractivity contribution is 5.05. The summed E-state index contributed by atoms with van der Waals surface area (Å²) in [5.74, 6) is 0. The first-order valence-electron chi connectivity index (χ1n) is 7.44. The number of hydrogen-bond acceptors (Lipinski definition) is 2. The van der Waals surface area contributed by atoms with Gasteiger partial charge in [-0.15, -0.1) is 0 Å². The van der Waals surface area contributed by atoms with Crippen molar-refractivity contribution in [3.63, 3.8) is 0 Å². The average Bonchev–Trinajstić information content (AvgIpc) is 2.43. The van der Waals surface area contributed by atoms with Crippen molar-refractivity contribution in [3.05, 3.63) is 11.6 Å². The van der Waals surface area contributed by atoms with Gasteiger partial charge >= 0.3 is 0 Å². The summed E-state index contributed by atoms with van der Waals surface area (Å²) in [5.41, 5.74) is 1.61. The lowest BCUT2D eigenvalue weighted by Gasteiger charge is -2.10. The minimum absolute atomic E-state index is 0. The molecule has 0 spiro atoms. The maximum absolute atomic E-state index is 3.28. The van der Waals surface area contributed by atoms with E-state index in [2.05, 4.69) is 37.5 Å². The van der Waals surface area contributed by atoms with Crippen LogP contribution < -0.4 is 10.6 Å². The fraction of sp³-hybridized carbons (Fsp3) is 0.875. The lowest BCUT2D eigenvalue weighted by Crippen LogP contribution is -2.21. The summed E-state index contributed by atoms with van der Waals surface area (Å²) in [7, 11) is 0. The van der Waals surface area contributed by atoms with E-state index in [0.717, 1.165) is 6.54 Å². The predicted octanol–water partition coefficient (Wildman–Crippen LogP) is 4.13. The summed E-state index contributed by atoms with van der Waals surface area (Å²) in [6.45, 7) is 11.2. The minimum Gasteiger partial charge on any atom is -0.317 e. The van der Waals surface area contributed by atoms with Gasteiger partial charge in [0.25, 0.3) is 0 Å². The summed E-state index contributed by atoms with van der Waals surface area (Å²) in [6.07, 6.45) is 10.3. The van der Waals surface area contributed by atoms with Gasteiger partial charge in [-0.3, -0.25) is 0 Å². The zero-order valence-corrected chi connectivity index (χ0v) is 12.1. The molecule has 0 saturated carbocycles. The number of nitrogens with one attached hydrogen (secondary N) is 2. The van der Waals surface area contributed by atoms with Crippen molar-refractivity contribution in [1.29, 1.82) is 0 Å². The van der Waals surface area contributed by atoms with Crippen molar-refractivity contribution >= 4 is 0 Å². The third-order valence-corrected chi connectivity index (χ3v) is 2.82. The molecule has 2 heterocycles. The van der Waals surface area contributed by atoms with Gasteiger partial charge in [0.05, 0.1) is 0 Å².